The van der Waals surface area contributed by atoms with Gasteiger partial charge in [0.1, 0.15) is 0 Å². The Kier molecular flexibility index (Phi) is 5.26. The highest BCUT2D eigenvalue weighted by atomic mass is 16.5. The number of rotatable bonds is 4. The molecule has 132 valence electrons. The zero-order valence-electron chi connectivity index (χ0n) is 15.3. The normalized spacial score (nSPS) is 23.8. The average molecular weight is 330 g/mol. The highest BCUT2D eigenvalue weighted by molar-refractivity contribution is 5.73. The number of carbonyl (C=O) groups excluding carboxylic acids is 1. The molecule has 1 aromatic carbocycles. The molecule has 0 bridgehead atoms. The second-order valence-corrected chi connectivity index (χ2v) is 7.62. The zero-order chi connectivity index (χ0) is 17.2. The molecule has 2 fully saturated rings. The van der Waals surface area contributed by atoms with Crippen molar-refractivity contribution in [3.05, 3.63) is 35.4 Å². The van der Waals surface area contributed by atoms with Gasteiger partial charge < -0.3 is 9.64 Å². The standard InChI is InChI=1S/C20H30N2O2/c1-16-6-4-5-7-18(16)12-21-10-8-20(9-11-21)15-22(17(2)23)13-19(20)14-24-3/h4-7,19H,8-15H2,1-3H3. The van der Waals surface area contributed by atoms with Crippen LogP contribution in [0, 0.1) is 18.3 Å². The summed E-state index contributed by atoms with van der Waals surface area (Å²) in [5, 5.41) is 0. The van der Waals surface area contributed by atoms with Crippen molar-refractivity contribution in [2.45, 2.75) is 33.2 Å². The van der Waals surface area contributed by atoms with E-state index in [0.717, 1.165) is 52.2 Å². The van der Waals surface area contributed by atoms with E-state index in [1.807, 2.05) is 4.90 Å². The van der Waals surface area contributed by atoms with Crippen LogP contribution in [0.25, 0.3) is 0 Å². The summed E-state index contributed by atoms with van der Waals surface area (Å²) in [7, 11) is 1.78. The van der Waals surface area contributed by atoms with E-state index < -0.39 is 0 Å². The van der Waals surface area contributed by atoms with E-state index in [1.165, 1.54) is 11.1 Å². The molecule has 0 aromatic heterocycles. The molecule has 1 amide bonds. The van der Waals surface area contributed by atoms with Crippen LogP contribution in [0.4, 0.5) is 0 Å². The van der Waals surface area contributed by atoms with Crippen LogP contribution in [0.2, 0.25) is 0 Å². The van der Waals surface area contributed by atoms with Gasteiger partial charge in [-0.25, -0.2) is 0 Å². The van der Waals surface area contributed by atoms with Gasteiger partial charge in [-0.3, -0.25) is 9.69 Å². The molecule has 1 unspecified atom stereocenters. The van der Waals surface area contributed by atoms with Crippen LogP contribution in [0.15, 0.2) is 24.3 Å². The van der Waals surface area contributed by atoms with Crippen LogP contribution in [0.1, 0.15) is 30.9 Å². The maximum atomic E-state index is 11.8. The number of nitrogens with zero attached hydrogens (tertiary/aromatic N) is 2. The van der Waals surface area contributed by atoms with E-state index in [1.54, 1.807) is 14.0 Å². The second kappa shape index (κ2) is 7.24. The summed E-state index contributed by atoms with van der Waals surface area (Å²) >= 11 is 0. The minimum Gasteiger partial charge on any atom is -0.384 e. The number of hydrogen-bond acceptors (Lipinski definition) is 3. The predicted octanol–water partition coefficient (Wildman–Crippen LogP) is 2.70. The number of carbonyl (C=O) groups is 1. The number of amides is 1. The SMILES string of the molecule is COCC1CN(C(C)=O)CC12CCN(Cc1ccccc1C)CC2. The first-order valence-corrected chi connectivity index (χ1v) is 9.05. The lowest BCUT2D eigenvalue weighted by Gasteiger charge is -2.42. The minimum atomic E-state index is 0.204. The summed E-state index contributed by atoms with van der Waals surface area (Å²) in [6.07, 6.45) is 2.33. The number of methoxy groups -OCH3 is 1. The van der Waals surface area contributed by atoms with Gasteiger partial charge in [-0.2, -0.15) is 0 Å². The van der Waals surface area contributed by atoms with E-state index >= 15 is 0 Å². The molecular formula is C20H30N2O2. The lowest BCUT2D eigenvalue weighted by atomic mass is 9.71. The molecule has 0 aliphatic carbocycles. The van der Waals surface area contributed by atoms with Crippen molar-refractivity contribution >= 4 is 5.91 Å². The van der Waals surface area contributed by atoms with Crippen LogP contribution >= 0.6 is 0 Å². The lowest BCUT2D eigenvalue weighted by Crippen LogP contribution is -2.45. The fraction of sp³-hybridized carbons (Fsp3) is 0.650. The van der Waals surface area contributed by atoms with Crippen molar-refractivity contribution in [1.82, 2.24) is 9.80 Å². The van der Waals surface area contributed by atoms with E-state index in [-0.39, 0.29) is 11.3 Å². The number of benzene rings is 1. The highest BCUT2D eigenvalue weighted by Crippen LogP contribution is 2.45. The molecule has 1 atom stereocenters. The molecule has 3 rings (SSSR count). The number of ether oxygens (including phenoxy) is 1. The molecule has 0 saturated carbocycles. The number of aryl methyl sites for hydroxylation is 1. The Morgan fingerprint density at radius 2 is 2.00 bits per heavy atom. The monoisotopic (exact) mass is 330 g/mol. The molecule has 2 aliphatic rings. The van der Waals surface area contributed by atoms with Gasteiger partial charge in [-0.1, -0.05) is 24.3 Å². The molecule has 2 aliphatic heterocycles. The number of piperidine rings is 1. The summed E-state index contributed by atoms with van der Waals surface area (Å²) in [5.74, 6) is 0.683. The smallest absolute Gasteiger partial charge is 0.219 e. The van der Waals surface area contributed by atoms with Crippen LogP contribution < -0.4 is 0 Å². The van der Waals surface area contributed by atoms with E-state index in [2.05, 4.69) is 36.1 Å². The van der Waals surface area contributed by atoms with Crippen molar-refractivity contribution < 1.29 is 9.53 Å². The minimum absolute atomic E-state index is 0.204. The fourth-order valence-corrected chi connectivity index (χ4v) is 4.46. The van der Waals surface area contributed by atoms with Crippen LogP contribution in [0.3, 0.4) is 0 Å². The topological polar surface area (TPSA) is 32.8 Å². The van der Waals surface area contributed by atoms with E-state index in [9.17, 15) is 4.79 Å². The third-order valence-corrected chi connectivity index (χ3v) is 6.13. The molecule has 24 heavy (non-hydrogen) atoms. The van der Waals surface area contributed by atoms with Gasteiger partial charge in [0.25, 0.3) is 0 Å². The highest BCUT2D eigenvalue weighted by Gasteiger charge is 2.48. The lowest BCUT2D eigenvalue weighted by molar-refractivity contribution is -0.128. The Labute approximate surface area is 145 Å². The first kappa shape index (κ1) is 17.4. The van der Waals surface area contributed by atoms with Gasteiger partial charge in [0.05, 0.1) is 6.61 Å². The maximum absolute atomic E-state index is 11.8. The Morgan fingerprint density at radius 3 is 2.62 bits per heavy atom. The molecule has 0 radical (unpaired) electrons. The van der Waals surface area contributed by atoms with Gasteiger partial charge in [0, 0.05) is 39.6 Å². The molecule has 2 heterocycles. The molecule has 2 saturated heterocycles. The Bertz CT molecular complexity index is 579. The quantitative estimate of drug-likeness (QED) is 0.851. The maximum Gasteiger partial charge on any atom is 0.219 e. The van der Waals surface area contributed by atoms with Crippen molar-refractivity contribution in [3.63, 3.8) is 0 Å². The van der Waals surface area contributed by atoms with Crippen LogP contribution in [0.5, 0.6) is 0 Å². The molecule has 1 aromatic rings. The molecule has 0 N–H and O–H groups in total. The molecule has 1 spiro atoms. The van der Waals surface area contributed by atoms with Crippen molar-refractivity contribution in [2.24, 2.45) is 11.3 Å². The van der Waals surface area contributed by atoms with Gasteiger partial charge in [-0.15, -0.1) is 0 Å². The van der Waals surface area contributed by atoms with Crippen molar-refractivity contribution in [1.29, 1.82) is 0 Å². The first-order chi connectivity index (χ1) is 11.5. The number of likely N-dealkylation sites (tertiary alicyclic amines) is 2. The largest absolute Gasteiger partial charge is 0.384 e. The fourth-order valence-electron chi connectivity index (χ4n) is 4.46. The van der Waals surface area contributed by atoms with E-state index in [4.69, 9.17) is 4.74 Å². The summed E-state index contributed by atoms with van der Waals surface area (Å²) < 4.78 is 5.47. The van der Waals surface area contributed by atoms with E-state index in [0.29, 0.717) is 5.92 Å². The summed E-state index contributed by atoms with van der Waals surface area (Å²) in [6.45, 7) is 9.68. The van der Waals surface area contributed by atoms with Gasteiger partial charge >= 0.3 is 0 Å². The Hall–Kier alpha value is -1.39. The summed E-state index contributed by atoms with van der Waals surface area (Å²) in [6, 6.07) is 8.66. The third kappa shape index (κ3) is 3.50. The second-order valence-electron chi connectivity index (χ2n) is 7.62. The molecular weight excluding hydrogens is 300 g/mol. The Balaban J connectivity index is 1.64. The van der Waals surface area contributed by atoms with Crippen LogP contribution in [-0.4, -0.2) is 55.6 Å². The number of hydrogen-bond donors (Lipinski definition) is 0. The van der Waals surface area contributed by atoms with Gasteiger partial charge in [-0.05, 0) is 49.4 Å². The Morgan fingerprint density at radius 1 is 1.29 bits per heavy atom. The first-order valence-electron chi connectivity index (χ1n) is 9.05. The predicted molar refractivity (Wildman–Crippen MR) is 95.7 cm³/mol. The third-order valence-electron chi connectivity index (χ3n) is 6.13. The average Bonchev–Trinajstić information content (AvgIpc) is 2.91. The molecule has 4 nitrogen and oxygen atoms in total. The zero-order valence-corrected chi connectivity index (χ0v) is 15.3. The summed E-state index contributed by atoms with van der Waals surface area (Å²) in [5.41, 5.74) is 3.06. The van der Waals surface area contributed by atoms with Gasteiger partial charge in [0.2, 0.25) is 5.91 Å². The summed E-state index contributed by atoms with van der Waals surface area (Å²) in [4.78, 5) is 16.4. The van der Waals surface area contributed by atoms with Gasteiger partial charge in [0.15, 0.2) is 0 Å². The molecule has 4 heteroatoms. The van der Waals surface area contributed by atoms with Crippen LogP contribution in [-0.2, 0) is 16.1 Å². The van der Waals surface area contributed by atoms with Crippen molar-refractivity contribution in [2.75, 3.05) is 39.9 Å². The van der Waals surface area contributed by atoms with Crippen molar-refractivity contribution in [3.8, 4) is 0 Å².